The first kappa shape index (κ1) is 13.4. The topological polar surface area (TPSA) is 43.8 Å². The largest absolute Gasteiger partial charge is 0.327 e. The molecular weight excluding hydrogens is 242 g/mol. The summed E-state index contributed by atoms with van der Waals surface area (Å²) in [4.78, 5) is 0. The molecule has 1 atom stereocenters. The van der Waals surface area contributed by atoms with Crippen LogP contribution in [-0.4, -0.2) is 27.3 Å². The Bertz CT molecular complexity index is 507. The van der Waals surface area contributed by atoms with Gasteiger partial charge in [-0.05, 0) is 18.7 Å². The molecule has 1 aromatic carbocycles. The smallest absolute Gasteiger partial charge is 0.0719 e. The lowest BCUT2D eigenvalue weighted by Gasteiger charge is -2.08. The fourth-order valence-corrected chi connectivity index (χ4v) is 2.82. The van der Waals surface area contributed by atoms with Crippen molar-refractivity contribution in [1.82, 2.24) is 9.78 Å². The first-order valence-electron chi connectivity index (χ1n) is 6.54. The van der Waals surface area contributed by atoms with Crippen LogP contribution in [0, 0.1) is 0 Å². The lowest BCUT2D eigenvalue weighted by molar-refractivity contribution is 0.649. The number of benzene rings is 1. The van der Waals surface area contributed by atoms with Gasteiger partial charge in [0.25, 0.3) is 0 Å². The number of hydrogen-bond donors (Lipinski definition) is 1. The van der Waals surface area contributed by atoms with E-state index in [2.05, 4.69) is 47.9 Å². The van der Waals surface area contributed by atoms with E-state index >= 15 is 0 Å². The van der Waals surface area contributed by atoms with Gasteiger partial charge in [-0.25, -0.2) is 0 Å². The minimum atomic E-state index is 0.193. The van der Waals surface area contributed by atoms with Crippen LogP contribution in [0.4, 0.5) is 0 Å². The molecule has 2 rings (SSSR count). The van der Waals surface area contributed by atoms with E-state index in [0.29, 0.717) is 0 Å². The van der Waals surface area contributed by atoms with Crippen molar-refractivity contribution in [3.05, 3.63) is 30.0 Å². The summed E-state index contributed by atoms with van der Waals surface area (Å²) in [6.45, 7) is 5.19. The number of aromatic nitrogens is 2. The maximum Gasteiger partial charge on any atom is 0.0719 e. The third-order valence-electron chi connectivity index (χ3n) is 3.03. The quantitative estimate of drug-likeness (QED) is 0.871. The van der Waals surface area contributed by atoms with E-state index < -0.39 is 0 Å². The molecule has 0 saturated carbocycles. The predicted octanol–water partition coefficient (Wildman–Crippen LogP) is 2.68. The van der Waals surface area contributed by atoms with Crippen LogP contribution in [0.1, 0.15) is 19.5 Å². The Balaban J connectivity index is 2.22. The molecule has 4 heteroatoms. The lowest BCUT2D eigenvalue weighted by Crippen LogP contribution is -2.26. The van der Waals surface area contributed by atoms with Crippen molar-refractivity contribution < 1.29 is 0 Å². The van der Waals surface area contributed by atoms with Gasteiger partial charge < -0.3 is 5.73 Å². The number of para-hydroxylation sites is 1. The summed E-state index contributed by atoms with van der Waals surface area (Å²) < 4.78 is 2.06. The third kappa shape index (κ3) is 2.87. The van der Waals surface area contributed by atoms with Gasteiger partial charge in [0.15, 0.2) is 0 Å². The summed E-state index contributed by atoms with van der Waals surface area (Å²) in [7, 11) is 0. The Morgan fingerprint density at radius 2 is 2.11 bits per heavy atom. The molecular formula is C14H21N3S. The van der Waals surface area contributed by atoms with Crippen molar-refractivity contribution in [2.24, 2.45) is 5.73 Å². The van der Waals surface area contributed by atoms with Crippen LogP contribution in [0.15, 0.2) is 24.3 Å². The maximum atomic E-state index is 6.16. The molecule has 0 aliphatic rings. The van der Waals surface area contributed by atoms with Gasteiger partial charge in [0.2, 0.25) is 0 Å². The highest BCUT2D eigenvalue weighted by Gasteiger charge is 2.12. The summed E-state index contributed by atoms with van der Waals surface area (Å²) in [6.07, 6.45) is 0.862. The molecule has 3 nitrogen and oxygen atoms in total. The summed E-state index contributed by atoms with van der Waals surface area (Å²) in [5.41, 5.74) is 8.51. The fraction of sp³-hybridized carbons (Fsp3) is 0.500. The summed E-state index contributed by atoms with van der Waals surface area (Å²) in [5.74, 6) is 2.13. The molecule has 98 valence electrons. The van der Waals surface area contributed by atoms with E-state index in [0.717, 1.165) is 30.2 Å². The first-order chi connectivity index (χ1) is 8.76. The van der Waals surface area contributed by atoms with E-state index in [4.69, 9.17) is 5.73 Å². The number of aryl methyl sites for hydroxylation is 1. The zero-order valence-electron chi connectivity index (χ0n) is 11.1. The number of nitrogens with zero attached hydrogens (tertiary/aromatic N) is 2. The van der Waals surface area contributed by atoms with Crippen LogP contribution in [0.2, 0.25) is 0 Å². The van der Waals surface area contributed by atoms with Crippen LogP contribution >= 0.6 is 11.8 Å². The molecule has 0 fully saturated rings. The highest BCUT2D eigenvalue weighted by Crippen LogP contribution is 2.20. The molecule has 0 saturated heterocycles. The molecule has 18 heavy (non-hydrogen) atoms. The van der Waals surface area contributed by atoms with Gasteiger partial charge in [-0.15, -0.1) is 0 Å². The normalized spacial score (nSPS) is 13.1. The highest BCUT2D eigenvalue weighted by atomic mass is 32.2. The van der Waals surface area contributed by atoms with Crippen molar-refractivity contribution in [2.75, 3.05) is 11.5 Å². The molecule has 0 aliphatic carbocycles. The number of nitrogens with two attached hydrogens (primary N) is 1. The van der Waals surface area contributed by atoms with E-state index in [1.165, 1.54) is 10.9 Å². The van der Waals surface area contributed by atoms with Crippen molar-refractivity contribution in [3.63, 3.8) is 0 Å². The van der Waals surface area contributed by atoms with Crippen molar-refractivity contribution >= 4 is 22.7 Å². The second-order valence-electron chi connectivity index (χ2n) is 4.40. The minimum Gasteiger partial charge on any atom is -0.327 e. The van der Waals surface area contributed by atoms with Gasteiger partial charge in [0.05, 0.1) is 11.2 Å². The van der Waals surface area contributed by atoms with E-state index in [-0.39, 0.29) is 6.04 Å². The molecule has 0 aliphatic heterocycles. The van der Waals surface area contributed by atoms with Gasteiger partial charge >= 0.3 is 0 Å². The molecule has 1 unspecified atom stereocenters. The van der Waals surface area contributed by atoms with Gasteiger partial charge in [-0.3, -0.25) is 4.68 Å². The van der Waals surface area contributed by atoms with Crippen LogP contribution in [0.3, 0.4) is 0 Å². The number of thioether (sulfide) groups is 1. The van der Waals surface area contributed by atoms with Crippen molar-refractivity contribution in [3.8, 4) is 0 Å². The molecule has 1 aromatic heterocycles. The fourth-order valence-electron chi connectivity index (χ4n) is 2.16. The van der Waals surface area contributed by atoms with Crippen LogP contribution in [0.5, 0.6) is 0 Å². The Hall–Kier alpha value is -1.00. The van der Waals surface area contributed by atoms with Gasteiger partial charge in [-0.1, -0.05) is 25.1 Å². The summed E-state index contributed by atoms with van der Waals surface area (Å²) in [5, 5.41) is 5.93. The Morgan fingerprint density at radius 3 is 2.83 bits per heavy atom. The highest BCUT2D eigenvalue weighted by molar-refractivity contribution is 7.99. The van der Waals surface area contributed by atoms with Crippen LogP contribution in [-0.2, 0) is 13.0 Å². The monoisotopic (exact) mass is 263 g/mol. The Kier molecular flexibility index (Phi) is 4.66. The number of rotatable bonds is 6. The Labute approximate surface area is 113 Å². The third-order valence-corrected chi connectivity index (χ3v) is 4.10. The zero-order chi connectivity index (χ0) is 13.0. The lowest BCUT2D eigenvalue weighted by atomic mass is 10.1. The average molecular weight is 263 g/mol. The molecule has 0 bridgehead atoms. The SMILES string of the molecule is CCSCC(N)Cc1nn(CC)c2ccccc12. The molecule has 2 N–H and O–H groups in total. The number of fused-ring (bicyclic) bond motifs is 1. The zero-order valence-corrected chi connectivity index (χ0v) is 11.9. The van der Waals surface area contributed by atoms with Gasteiger partial charge in [0, 0.05) is 30.1 Å². The summed E-state index contributed by atoms with van der Waals surface area (Å²) >= 11 is 1.89. The number of hydrogen-bond acceptors (Lipinski definition) is 3. The summed E-state index contributed by atoms with van der Waals surface area (Å²) in [6, 6.07) is 8.59. The standard InChI is InChI=1S/C14H21N3S/c1-3-17-14-8-6-5-7-12(14)13(16-17)9-11(15)10-18-4-2/h5-8,11H,3-4,9-10,15H2,1-2H3. The predicted molar refractivity (Wildman–Crippen MR) is 80.1 cm³/mol. The van der Waals surface area contributed by atoms with Gasteiger partial charge in [-0.2, -0.15) is 16.9 Å². The molecule has 0 radical (unpaired) electrons. The molecule has 1 heterocycles. The first-order valence-corrected chi connectivity index (χ1v) is 7.69. The second-order valence-corrected chi connectivity index (χ2v) is 5.72. The molecule has 0 spiro atoms. The molecule has 0 amide bonds. The van der Waals surface area contributed by atoms with Crippen molar-refractivity contribution in [2.45, 2.75) is 32.9 Å². The van der Waals surface area contributed by atoms with Gasteiger partial charge in [0.1, 0.15) is 0 Å². The van der Waals surface area contributed by atoms with Crippen LogP contribution < -0.4 is 5.73 Å². The van der Waals surface area contributed by atoms with Crippen LogP contribution in [0.25, 0.3) is 10.9 Å². The maximum absolute atomic E-state index is 6.16. The second kappa shape index (κ2) is 6.25. The van der Waals surface area contributed by atoms with E-state index in [1.54, 1.807) is 0 Å². The molecule has 2 aromatic rings. The van der Waals surface area contributed by atoms with E-state index in [9.17, 15) is 0 Å². The minimum absolute atomic E-state index is 0.193. The van der Waals surface area contributed by atoms with E-state index in [1.807, 2.05) is 11.8 Å². The van der Waals surface area contributed by atoms with Crippen molar-refractivity contribution in [1.29, 1.82) is 0 Å². The Morgan fingerprint density at radius 1 is 1.33 bits per heavy atom. The average Bonchev–Trinajstić information content (AvgIpc) is 2.75.